The highest BCUT2D eigenvalue weighted by Crippen LogP contribution is 2.40. The van der Waals surface area contributed by atoms with Crippen LogP contribution in [0, 0.1) is 13.8 Å². The fourth-order valence-corrected chi connectivity index (χ4v) is 4.26. The lowest BCUT2D eigenvalue weighted by Gasteiger charge is -2.28. The summed E-state index contributed by atoms with van der Waals surface area (Å²) < 4.78 is 2.38. The summed E-state index contributed by atoms with van der Waals surface area (Å²) in [4.78, 5) is 6.97. The highest BCUT2D eigenvalue weighted by molar-refractivity contribution is 7.80. The molecule has 3 rings (SSSR count). The number of hydrogen-bond donors (Lipinski definition) is 1. The Morgan fingerprint density at radius 1 is 1.24 bits per heavy atom. The second kappa shape index (κ2) is 7.56. The van der Waals surface area contributed by atoms with Gasteiger partial charge in [0, 0.05) is 30.7 Å². The summed E-state index contributed by atoms with van der Waals surface area (Å²) in [5.74, 6) is 0. The van der Waals surface area contributed by atoms with Crippen LogP contribution in [-0.2, 0) is 6.54 Å². The first-order chi connectivity index (χ1) is 12.1. The topological polar surface area (TPSA) is 33.1 Å². The maximum absolute atomic E-state index is 5.70. The zero-order chi connectivity index (χ0) is 18.0. The van der Waals surface area contributed by atoms with Crippen molar-refractivity contribution in [2.45, 2.75) is 59.2 Å². The summed E-state index contributed by atoms with van der Waals surface area (Å²) in [6.45, 7) is 10.8. The van der Waals surface area contributed by atoms with Gasteiger partial charge in [0.15, 0.2) is 5.11 Å². The van der Waals surface area contributed by atoms with Crippen LogP contribution in [0.4, 0.5) is 0 Å². The molecule has 0 aliphatic carbocycles. The monoisotopic (exact) mass is 356 g/mol. The van der Waals surface area contributed by atoms with Crippen LogP contribution in [0.3, 0.4) is 0 Å². The maximum atomic E-state index is 5.70. The number of nitrogens with one attached hydrogen (secondary N) is 1. The molecule has 2 aromatic rings. The number of aromatic nitrogens is 2. The Bertz CT molecular complexity index is 738. The molecule has 5 heteroatoms. The summed E-state index contributed by atoms with van der Waals surface area (Å²) in [7, 11) is 0. The lowest BCUT2D eigenvalue weighted by atomic mass is 9.96. The van der Waals surface area contributed by atoms with Crippen molar-refractivity contribution < 1.29 is 0 Å². The van der Waals surface area contributed by atoms with Crippen LogP contribution >= 0.6 is 12.2 Å². The molecule has 25 heavy (non-hydrogen) atoms. The van der Waals surface area contributed by atoms with E-state index in [4.69, 9.17) is 12.2 Å². The van der Waals surface area contributed by atoms with Gasteiger partial charge in [-0.2, -0.15) is 0 Å². The number of unbranched alkanes of at least 4 members (excludes halogenated alkanes) is 1. The van der Waals surface area contributed by atoms with Crippen molar-refractivity contribution in [3.63, 3.8) is 0 Å². The molecule has 1 N–H and O–H groups in total. The van der Waals surface area contributed by atoms with Gasteiger partial charge in [-0.15, -0.1) is 0 Å². The first kappa shape index (κ1) is 17.9. The summed E-state index contributed by atoms with van der Waals surface area (Å²) >= 11 is 5.70. The zero-order valence-corrected chi connectivity index (χ0v) is 16.4. The summed E-state index contributed by atoms with van der Waals surface area (Å²) in [5.41, 5.74) is 5.05. The highest BCUT2D eigenvalue weighted by Gasteiger charge is 2.40. The van der Waals surface area contributed by atoms with Crippen molar-refractivity contribution in [1.82, 2.24) is 19.8 Å². The van der Waals surface area contributed by atoms with Gasteiger partial charge < -0.3 is 14.8 Å². The fraction of sp³-hybridized carbons (Fsp3) is 0.500. The quantitative estimate of drug-likeness (QED) is 0.783. The van der Waals surface area contributed by atoms with E-state index in [1.807, 2.05) is 18.3 Å². The number of pyridine rings is 1. The average molecular weight is 357 g/mol. The van der Waals surface area contributed by atoms with E-state index in [2.05, 4.69) is 59.6 Å². The van der Waals surface area contributed by atoms with Crippen molar-refractivity contribution in [2.24, 2.45) is 0 Å². The van der Waals surface area contributed by atoms with E-state index in [1.54, 1.807) is 0 Å². The normalized spacial score (nSPS) is 20.2. The molecule has 1 saturated heterocycles. The van der Waals surface area contributed by atoms with Gasteiger partial charge in [-0.3, -0.25) is 4.98 Å². The number of hydrogen-bond acceptors (Lipinski definition) is 2. The number of aryl methyl sites for hydroxylation is 1. The zero-order valence-electron chi connectivity index (χ0n) is 15.6. The van der Waals surface area contributed by atoms with Gasteiger partial charge in [0.05, 0.1) is 17.8 Å². The van der Waals surface area contributed by atoms with Crippen molar-refractivity contribution in [1.29, 1.82) is 0 Å². The molecular weight excluding hydrogens is 328 g/mol. The standard InChI is InChI=1S/C20H28N4S/c1-5-7-12-24-19(16-13-14(3)23(6-2)15(16)4)18(22-20(24)25)17-10-8-9-11-21-17/h8-11,13,18-19H,5-7,12H2,1-4H3,(H,22,25)/t18-,19-/m1/s1. The van der Waals surface area contributed by atoms with E-state index >= 15 is 0 Å². The molecule has 3 heterocycles. The van der Waals surface area contributed by atoms with Crippen LogP contribution in [0.1, 0.15) is 61.4 Å². The summed E-state index contributed by atoms with van der Waals surface area (Å²) in [6.07, 6.45) is 4.16. The third-order valence-corrected chi connectivity index (χ3v) is 5.55. The molecule has 134 valence electrons. The highest BCUT2D eigenvalue weighted by atomic mass is 32.1. The minimum absolute atomic E-state index is 0.0939. The molecule has 1 fully saturated rings. The first-order valence-corrected chi connectivity index (χ1v) is 9.64. The lowest BCUT2D eigenvalue weighted by molar-refractivity contribution is 0.311. The molecule has 0 saturated carbocycles. The Kier molecular flexibility index (Phi) is 5.42. The van der Waals surface area contributed by atoms with Gasteiger partial charge in [-0.1, -0.05) is 19.4 Å². The Hall–Kier alpha value is -1.88. The molecule has 0 radical (unpaired) electrons. The Morgan fingerprint density at radius 2 is 2.04 bits per heavy atom. The van der Waals surface area contributed by atoms with Gasteiger partial charge in [0.1, 0.15) is 0 Å². The number of thiocarbonyl (C=S) groups is 1. The molecule has 2 atom stereocenters. The Labute approximate surface area is 156 Å². The Morgan fingerprint density at radius 3 is 2.64 bits per heavy atom. The van der Waals surface area contributed by atoms with Crippen molar-refractivity contribution >= 4 is 17.3 Å². The average Bonchev–Trinajstić information content (AvgIpc) is 3.09. The third-order valence-electron chi connectivity index (χ3n) is 5.20. The van der Waals surface area contributed by atoms with Crippen LogP contribution in [0.15, 0.2) is 30.5 Å². The number of nitrogens with zero attached hydrogens (tertiary/aromatic N) is 3. The lowest BCUT2D eigenvalue weighted by Crippen LogP contribution is -2.30. The molecule has 0 unspecified atom stereocenters. The van der Waals surface area contributed by atoms with Crippen LogP contribution in [0.2, 0.25) is 0 Å². The molecule has 1 aliphatic rings. The first-order valence-electron chi connectivity index (χ1n) is 9.23. The van der Waals surface area contributed by atoms with Crippen molar-refractivity contribution in [3.8, 4) is 0 Å². The predicted octanol–water partition coefficient (Wildman–Crippen LogP) is 4.29. The largest absolute Gasteiger partial charge is 0.352 e. The van der Waals surface area contributed by atoms with E-state index in [1.165, 1.54) is 17.0 Å². The Balaban J connectivity index is 2.06. The van der Waals surface area contributed by atoms with Crippen molar-refractivity contribution in [3.05, 3.63) is 53.1 Å². The molecular formula is C20H28N4S. The van der Waals surface area contributed by atoms with Crippen LogP contribution in [0.5, 0.6) is 0 Å². The molecule has 1 aliphatic heterocycles. The molecule has 0 amide bonds. The van der Waals surface area contributed by atoms with E-state index in [-0.39, 0.29) is 12.1 Å². The minimum atomic E-state index is 0.0939. The molecule has 4 nitrogen and oxygen atoms in total. The van der Waals surface area contributed by atoms with Gasteiger partial charge in [-0.25, -0.2) is 0 Å². The van der Waals surface area contributed by atoms with Crippen LogP contribution < -0.4 is 5.32 Å². The smallest absolute Gasteiger partial charge is 0.170 e. The minimum Gasteiger partial charge on any atom is -0.352 e. The molecule has 0 bridgehead atoms. The molecule has 2 aromatic heterocycles. The molecule has 0 spiro atoms. The fourth-order valence-electron chi connectivity index (χ4n) is 3.93. The van der Waals surface area contributed by atoms with E-state index < -0.39 is 0 Å². The van der Waals surface area contributed by atoms with Crippen molar-refractivity contribution in [2.75, 3.05) is 6.54 Å². The molecule has 0 aromatic carbocycles. The van der Waals surface area contributed by atoms with E-state index in [0.29, 0.717) is 0 Å². The van der Waals surface area contributed by atoms with Gasteiger partial charge in [0.25, 0.3) is 0 Å². The van der Waals surface area contributed by atoms with E-state index in [9.17, 15) is 0 Å². The maximum Gasteiger partial charge on any atom is 0.170 e. The second-order valence-corrected chi connectivity index (χ2v) is 7.13. The van der Waals surface area contributed by atoms with Gasteiger partial charge in [0.2, 0.25) is 0 Å². The summed E-state index contributed by atoms with van der Waals surface area (Å²) in [5, 5.41) is 4.38. The van der Waals surface area contributed by atoms with Crippen LogP contribution in [0.25, 0.3) is 0 Å². The van der Waals surface area contributed by atoms with Crippen LogP contribution in [-0.4, -0.2) is 26.1 Å². The third kappa shape index (κ3) is 3.30. The summed E-state index contributed by atoms with van der Waals surface area (Å²) in [6, 6.07) is 8.72. The second-order valence-electron chi connectivity index (χ2n) is 6.74. The van der Waals surface area contributed by atoms with Gasteiger partial charge in [-0.05, 0) is 63.2 Å². The van der Waals surface area contributed by atoms with E-state index in [0.717, 1.165) is 36.7 Å². The van der Waals surface area contributed by atoms with Gasteiger partial charge >= 0.3 is 0 Å². The number of rotatable bonds is 6. The SMILES string of the molecule is CCCCN1C(=S)N[C@H](c2ccccn2)[C@H]1c1cc(C)n(CC)c1C. The predicted molar refractivity (Wildman–Crippen MR) is 107 cm³/mol.